The van der Waals surface area contributed by atoms with Crippen LogP contribution in [-0.4, -0.2) is 10.2 Å². The molecular formula is C4H4N5-. The Labute approximate surface area is 51.8 Å². The number of hydrogen-bond acceptors (Lipinski definition) is 2. The third-order valence-electron chi connectivity index (χ3n) is 0.483. The standard InChI is InChI=1S/C4H4N2.N3/c1-2-4-6-5-3-1;1-3-2/h1-4H;/q;-1. The second-order valence-corrected chi connectivity index (χ2v) is 1.00. The quantitative estimate of drug-likeness (QED) is 0.295. The largest absolute Gasteiger partial charge is 0.373 e. The molecule has 0 amide bonds. The molecule has 0 unspecified atom stereocenters. The predicted molar refractivity (Wildman–Crippen MR) is 32.1 cm³/mol. The minimum atomic E-state index is 1.50. The van der Waals surface area contributed by atoms with Crippen LogP contribution < -0.4 is 0 Å². The molecule has 1 aromatic heterocycles. The van der Waals surface area contributed by atoms with Gasteiger partial charge in [-0.1, -0.05) is 0 Å². The molecule has 0 spiro atoms. The van der Waals surface area contributed by atoms with Gasteiger partial charge in [-0.2, -0.15) is 10.2 Å². The first kappa shape index (κ1) is 7.39. The Morgan fingerprint density at radius 3 is 1.44 bits per heavy atom. The lowest BCUT2D eigenvalue weighted by atomic mass is 10.6. The van der Waals surface area contributed by atoms with Crippen LogP contribution in [0.5, 0.6) is 0 Å². The fourth-order valence-corrected chi connectivity index (χ4v) is 0.253. The molecule has 0 bridgehead atoms. The van der Waals surface area contributed by atoms with Gasteiger partial charge in [0.05, 0.1) is 0 Å². The summed E-state index contributed by atoms with van der Waals surface area (Å²) in [5, 5.41) is 7.07. The van der Waals surface area contributed by atoms with E-state index < -0.39 is 0 Å². The summed E-state index contributed by atoms with van der Waals surface area (Å²) in [4.78, 5) is 1.50. The van der Waals surface area contributed by atoms with Gasteiger partial charge in [0.15, 0.2) is 0 Å². The molecule has 0 aliphatic carbocycles. The lowest BCUT2D eigenvalue weighted by molar-refractivity contribution is 1.03. The van der Waals surface area contributed by atoms with Crippen molar-refractivity contribution in [3.63, 3.8) is 0 Å². The van der Waals surface area contributed by atoms with Crippen LogP contribution in [0.15, 0.2) is 24.5 Å². The number of aromatic nitrogens is 2. The second kappa shape index (κ2) is 6.39. The first-order chi connectivity index (χ1) is 4.41. The Hall–Kier alpha value is -1.61. The molecule has 0 N–H and O–H groups in total. The minimum Gasteiger partial charge on any atom is -0.373 e. The fourth-order valence-electron chi connectivity index (χ4n) is 0.253. The highest BCUT2D eigenvalue weighted by molar-refractivity contribution is 4.79. The molecule has 1 rings (SSSR count). The highest BCUT2D eigenvalue weighted by Crippen LogP contribution is 1.68. The van der Waals surface area contributed by atoms with E-state index in [0.717, 1.165) is 0 Å². The molecule has 0 saturated heterocycles. The van der Waals surface area contributed by atoms with Gasteiger partial charge in [0.1, 0.15) is 0 Å². The van der Waals surface area contributed by atoms with Crippen molar-refractivity contribution in [3.8, 4) is 0 Å². The summed E-state index contributed by atoms with van der Waals surface area (Å²) >= 11 is 0. The van der Waals surface area contributed by atoms with Crippen LogP contribution in [0.1, 0.15) is 0 Å². The lowest BCUT2D eigenvalue weighted by Gasteiger charge is -1.69. The van der Waals surface area contributed by atoms with Crippen molar-refractivity contribution in [2.75, 3.05) is 0 Å². The van der Waals surface area contributed by atoms with Crippen molar-refractivity contribution in [2.24, 2.45) is 0 Å². The highest BCUT2D eigenvalue weighted by atomic mass is 15.1. The molecule has 1 heterocycles. The van der Waals surface area contributed by atoms with Crippen molar-refractivity contribution in [1.29, 1.82) is 0 Å². The third-order valence-corrected chi connectivity index (χ3v) is 0.483. The van der Waals surface area contributed by atoms with Gasteiger partial charge in [0, 0.05) is 12.4 Å². The predicted octanol–water partition coefficient (Wildman–Crippen LogP) is 1.34. The van der Waals surface area contributed by atoms with Crippen LogP contribution >= 0.6 is 0 Å². The monoisotopic (exact) mass is 122 g/mol. The average Bonchev–Trinajstić information content (AvgIpc) is 1.93. The summed E-state index contributed by atoms with van der Waals surface area (Å²) in [5.74, 6) is 0. The zero-order valence-electron chi connectivity index (χ0n) is 4.55. The van der Waals surface area contributed by atoms with Crippen molar-refractivity contribution < 1.29 is 0 Å². The van der Waals surface area contributed by atoms with E-state index in [4.69, 9.17) is 11.1 Å². The van der Waals surface area contributed by atoms with Crippen LogP contribution in [0.4, 0.5) is 0 Å². The van der Waals surface area contributed by atoms with E-state index in [2.05, 4.69) is 10.2 Å². The number of nitrogens with zero attached hydrogens (tertiary/aromatic N) is 5. The van der Waals surface area contributed by atoms with Crippen molar-refractivity contribution in [2.45, 2.75) is 0 Å². The summed E-state index contributed by atoms with van der Waals surface area (Å²) in [7, 11) is 0. The Morgan fingerprint density at radius 1 is 1.00 bits per heavy atom. The number of hydrogen-bond donors (Lipinski definition) is 0. The second-order valence-electron chi connectivity index (χ2n) is 1.00. The normalized spacial score (nSPS) is 6.22. The van der Waals surface area contributed by atoms with E-state index in [0.29, 0.717) is 0 Å². The van der Waals surface area contributed by atoms with Gasteiger partial charge in [-0.05, 0) is 12.1 Å². The van der Waals surface area contributed by atoms with Crippen molar-refractivity contribution in [3.05, 3.63) is 40.5 Å². The summed E-state index contributed by atoms with van der Waals surface area (Å²) in [6.07, 6.45) is 3.28. The molecular weight excluding hydrogens is 118 g/mol. The molecule has 46 valence electrons. The molecule has 0 aliphatic heterocycles. The summed E-state index contributed by atoms with van der Waals surface area (Å²) in [6, 6.07) is 3.65. The molecule has 0 saturated carbocycles. The van der Waals surface area contributed by atoms with Gasteiger partial charge in [0.25, 0.3) is 0 Å². The molecule has 9 heavy (non-hydrogen) atoms. The van der Waals surface area contributed by atoms with E-state index in [1.54, 1.807) is 12.4 Å². The lowest BCUT2D eigenvalue weighted by Crippen LogP contribution is -1.69. The fraction of sp³-hybridized carbons (Fsp3) is 0. The molecule has 0 radical (unpaired) electrons. The first-order valence-corrected chi connectivity index (χ1v) is 2.12. The molecule has 0 aromatic carbocycles. The topological polar surface area (TPSA) is 84.5 Å². The van der Waals surface area contributed by atoms with E-state index in [1.807, 2.05) is 12.1 Å². The third kappa shape index (κ3) is 6.39. The molecule has 0 fully saturated rings. The van der Waals surface area contributed by atoms with Gasteiger partial charge in [0.2, 0.25) is 0 Å². The molecule has 0 atom stereocenters. The minimum absolute atomic E-state index is 1.50. The summed E-state index contributed by atoms with van der Waals surface area (Å²) in [6.45, 7) is 0. The maximum Gasteiger partial charge on any atom is 0.0496 e. The van der Waals surface area contributed by atoms with E-state index in [-0.39, 0.29) is 0 Å². The maximum atomic E-state index is 6.75. The van der Waals surface area contributed by atoms with Gasteiger partial charge in [-0.25, -0.2) is 0 Å². The Morgan fingerprint density at radius 2 is 1.33 bits per heavy atom. The van der Waals surface area contributed by atoms with Gasteiger partial charge >= 0.3 is 0 Å². The van der Waals surface area contributed by atoms with Crippen LogP contribution in [0.25, 0.3) is 16.0 Å². The van der Waals surface area contributed by atoms with Crippen molar-refractivity contribution >= 4 is 0 Å². The zero-order valence-corrected chi connectivity index (χ0v) is 4.55. The summed E-state index contributed by atoms with van der Waals surface area (Å²) < 4.78 is 0. The Kier molecular flexibility index (Phi) is 5.25. The molecule has 1 aromatic rings. The number of rotatable bonds is 0. The summed E-state index contributed by atoms with van der Waals surface area (Å²) in [5.41, 5.74) is 13.5. The molecule has 5 nitrogen and oxygen atoms in total. The zero-order chi connectivity index (χ0) is 6.95. The SMILES string of the molecule is [N-]=[N+]=[N-].c1ccnnc1. The first-order valence-electron chi connectivity index (χ1n) is 2.12. The van der Waals surface area contributed by atoms with E-state index in [9.17, 15) is 0 Å². The average molecular weight is 122 g/mol. The van der Waals surface area contributed by atoms with Gasteiger partial charge < -0.3 is 11.1 Å². The van der Waals surface area contributed by atoms with E-state index in [1.165, 1.54) is 4.91 Å². The van der Waals surface area contributed by atoms with Gasteiger partial charge in [-0.3, -0.25) is 4.91 Å². The Balaban J connectivity index is 0.000000187. The maximum absolute atomic E-state index is 6.75. The van der Waals surface area contributed by atoms with Crippen LogP contribution in [0.2, 0.25) is 0 Å². The smallest absolute Gasteiger partial charge is 0.0496 e. The molecule has 0 aliphatic rings. The molecule has 5 heteroatoms. The van der Waals surface area contributed by atoms with E-state index >= 15 is 0 Å². The van der Waals surface area contributed by atoms with Crippen LogP contribution in [-0.2, 0) is 0 Å². The van der Waals surface area contributed by atoms with Crippen LogP contribution in [0.3, 0.4) is 0 Å². The van der Waals surface area contributed by atoms with Crippen LogP contribution in [0, 0.1) is 0 Å². The van der Waals surface area contributed by atoms with Gasteiger partial charge in [-0.15, -0.1) is 0 Å². The van der Waals surface area contributed by atoms with Crippen molar-refractivity contribution in [1.82, 2.24) is 10.2 Å². The Bertz CT molecular complexity index is 139. The highest BCUT2D eigenvalue weighted by Gasteiger charge is 1.59.